The molecule has 1 aromatic carbocycles. The summed E-state index contributed by atoms with van der Waals surface area (Å²) in [5, 5.41) is 0. The third-order valence-corrected chi connectivity index (χ3v) is 4.14. The standard InChI is InChI=1S/C16H23FN2O/c1-12-4-5-14(17)8-13(12)9-16(20)10-15-11-18(2)6-7-19(15)3/h4-5,8,15H,6-7,9-11H2,1-3H3. The Kier molecular flexibility index (Phi) is 4.89. The zero-order valence-corrected chi connectivity index (χ0v) is 12.5. The van der Waals surface area contributed by atoms with Gasteiger partial charge in [0.15, 0.2) is 0 Å². The minimum absolute atomic E-state index is 0.186. The van der Waals surface area contributed by atoms with E-state index in [4.69, 9.17) is 0 Å². The van der Waals surface area contributed by atoms with Crippen LogP contribution in [0.2, 0.25) is 0 Å². The van der Waals surface area contributed by atoms with Crippen molar-refractivity contribution in [3.63, 3.8) is 0 Å². The van der Waals surface area contributed by atoms with Gasteiger partial charge in [0.2, 0.25) is 0 Å². The predicted octanol–water partition coefficient (Wildman–Crippen LogP) is 1.88. The number of ketones is 1. The molecule has 0 bridgehead atoms. The number of hydrogen-bond acceptors (Lipinski definition) is 3. The first-order valence-electron chi connectivity index (χ1n) is 7.11. The lowest BCUT2D eigenvalue weighted by Gasteiger charge is -2.37. The van der Waals surface area contributed by atoms with E-state index in [-0.39, 0.29) is 17.6 Å². The Morgan fingerprint density at radius 1 is 1.35 bits per heavy atom. The summed E-state index contributed by atoms with van der Waals surface area (Å²) in [5.74, 6) is -0.0845. The third kappa shape index (κ3) is 3.87. The van der Waals surface area contributed by atoms with Crippen LogP contribution < -0.4 is 0 Å². The molecule has 3 nitrogen and oxygen atoms in total. The Balaban J connectivity index is 1.96. The van der Waals surface area contributed by atoms with Gasteiger partial charge in [-0.1, -0.05) is 6.07 Å². The van der Waals surface area contributed by atoms with E-state index in [0.717, 1.165) is 30.8 Å². The number of carbonyl (C=O) groups is 1. The molecule has 0 spiro atoms. The molecule has 1 aliphatic rings. The zero-order chi connectivity index (χ0) is 14.7. The monoisotopic (exact) mass is 278 g/mol. The van der Waals surface area contributed by atoms with Gasteiger partial charge in [0, 0.05) is 38.5 Å². The van der Waals surface area contributed by atoms with Crippen LogP contribution in [0.5, 0.6) is 0 Å². The molecule has 1 saturated heterocycles. The molecule has 0 N–H and O–H groups in total. The van der Waals surface area contributed by atoms with Gasteiger partial charge >= 0.3 is 0 Å². The van der Waals surface area contributed by atoms with Crippen molar-refractivity contribution >= 4 is 5.78 Å². The van der Waals surface area contributed by atoms with E-state index < -0.39 is 0 Å². The summed E-state index contributed by atoms with van der Waals surface area (Å²) in [6, 6.07) is 4.92. The number of aryl methyl sites for hydroxylation is 1. The molecule has 0 radical (unpaired) electrons. The van der Waals surface area contributed by atoms with Crippen LogP contribution in [0.15, 0.2) is 18.2 Å². The van der Waals surface area contributed by atoms with Gasteiger partial charge < -0.3 is 9.80 Å². The molecule has 1 aromatic rings. The van der Waals surface area contributed by atoms with Gasteiger partial charge in [0.25, 0.3) is 0 Å². The normalized spacial score (nSPS) is 21.1. The molecular weight excluding hydrogens is 255 g/mol. The number of piperazine rings is 1. The number of carbonyl (C=O) groups excluding carboxylic acids is 1. The van der Waals surface area contributed by atoms with Gasteiger partial charge in [-0.15, -0.1) is 0 Å². The lowest BCUT2D eigenvalue weighted by molar-refractivity contribution is -0.120. The minimum atomic E-state index is -0.270. The molecule has 4 heteroatoms. The summed E-state index contributed by atoms with van der Waals surface area (Å²) >= 11 is 0. The number of hydrogen-bond donors (Lipinski definition) is 0. The van der Waals surface area contributed by atoms with Crippen molar-refractivity contribution in [3.05, 3.63) is 35.1 Å². The first-order chi connectivity index (χ1) is 9.45. The van der Waals surface area contributed by atoms with E-state index in [1.807, 2.05) is 6.92 Å². The fraction of sp³-hybridized carbons (Fsp3) is 0.562. The maximum Gasteiger partial charge on any atom is 0.138 e. The summed E-state index contributed by atoms with van der Waals surface area (Å²) in [5.41, 5.74) is 1.79. The molecule has 2 rings (SSSR count). The van der Waals surface area contributed by atoms with Crippen molar-refractivity contribution in [1.29, 1.82) is 0 Å². The highest BCUT2D eigenvalue weighted by atomic mass is 19.1. The highest BCUT2D eigenvalue weighted by Gasteiger charge is 2.24. The largest absolute Gasteiger partial charge is 0.304 e. The summed E-state index contributed by atoms with van der Waals surface area (Å²) in [7, 11) is 4.15. The average Bonchev–Trinajstić information content (AvgIpc) is 2.38. The maximum atomic E-state index is 13.2. The Bertz CT molecular complexity index is 489. The first kappa shape index (κ1) is 15.1. The Labute approximate surface area is 120 Å². The lowest BCUT2D eigenvalue weighted by atomic mass is 9.98. The van der Waals surface area contributed by atoms with E-state index in [1.54, 1.807) is 6.07 Å². The van der Waals surface area contributed by atoms with Crippen molar-refractivity contribution in [2.75, 3.05) is 33.7 Å². The van der Waals surface area contributed by atoms with E-state index in [0.29, 0.717) is 12.8 Å². The number of rotatable bonds is 4. The molecule has 20 heavy (non-hydrogen) atoms. The van der Waals surface area contributed by atoms with Gasteiger partial charge in [-0.3, -0.25) is 4.79 Å². The highest BCUT2D eigenvalue weighted by Crippen LogP contribution is 2.15. The van der Waals surface area contributed by atoms with Crippen molar-refractivity contribution in [1.82, 2.24) is 9.80 Å². The van der Waals surface area contributed by atoms with E-state index in [1.165, 1.54) is 12.1 Å². The second-order valence-corrected chi connectivity index (χ2v) is 5.89. The van der Waals surface area contributed by atoms with Gasteiger partial charge in [-0.25, -0.2) is 4.39 Å². The topological polar surface area (TPSA) is 23.6 Å². The average molecular weight is 278 g/mol. The molecule has 1 atom stereocenters. The molecule has 0 saturated carbocycles. The van der Waals surface area contributed by atoms with Crippen LogP contribution in [0.25, 0.3) is 0 Å². The lowest BCUT2D eigenvalue weighted by Crippen LogP contribution is -2.50. The second kappa shape index (κ2) is 6.46. The van der Waals surface area contributed by atoms with Crippen LogP contribution in [0, 0.1) is 12.7 Å². The van der Waals surface area contributed by atoms with E-state index in [2.05, 4.69) is 23.9 Å². The molecule has 0 amide bonds. The zero-order valence-electron chi connectivity index (χ0n) is 12.5. The van der Waals surface area contributed by atoms with Crippen LogP contribution >= 0.6 is 0 Å². The van der Waals surface area contributed by atoms with Crippen LogP contribution in [0.4, 0.5) is 4.39 Å². The molecule has 0 aromatic heterocycles. The second-order valence-electron chi connectivity index (χ2n) is 5.89. The van der Waals surface area contributed by atoms with E-state index in [9.17, 15) is 9.18 Å². The molecule has 1 heterocycles. The van der Waals surface area contributed by atoms with Crippen LogP contribution in [-0.4, -0.2) is 55.4 Å². The van der Waals surface area contributed by atoms with E-state index >= 15 is 0 Å². The van der Waals surface area contributed by atoms with Crippen molar-refractivity contribution in [2.45, 2.75) is 25.8 Å². The quantitative estimate of drug-likeness (QED) is 0.840. The Hall–Kier alpha value is -1.26. The van der Waals surface area contributed by atoms with Gasteiger partial charge in [-0.05, 0) is 44.3 Å². The Morgan fingerprint density at radius 2 is 2.10 bits per heavy atom. The van der Waals surface area contributed by atoms with Gasteiger partial charge in [0.1, 0.15) is 11.6 Å². The SMILES string of the molecule is Cc1ccc(F)cc1CC(=O)CC1CN(C)CCN1C. The van der Waals surface area contributed by atoms with Crippen molar-refractivity contribution in [2.24, 2.45) is 0 Å². The summed E-state index contributed by atoms with van der Waals surface area (Å²) in [6.07, 6.45) is 0.869. The van der Waals surface area contributed by atoms with Gasteiger partial charge in [0.05, 0.1) is 0 Å². The predicted molar refractivity (Wildman–Crippen MR) is 78.4 cm³/mol. The number of Topliss-reactive ketones (excluding diaryl/α,β-unsaturated/α-hetero) is 1. The Morgan fingerprint density at radius 3 is 2.85 bits per heavy atom. The number of likely N-dealkylation sites (N-methyl/N-ethyl adjacent to an activating group) is 2. The molecule has 1 fully saturated rings. The number of nitrogens with zero attached hydrogens (tertiary/aromatic N) is 2. The highest BCUT2D eigenvalue weighted by molar-refractivity contribution is 5.81. The molecule has 110 valence electrons. The summed E-state index contributed by atoms with van der Waals surface area (Å²) in [6.45, 7) is 4.88. The van der Waals surface area contributed by atoms with Crippen LogP contribution in [-0.2, 0) is 11.2 Å². The summed E-state index contributed by atoms with van der Waals surface area (Å²) < 4.78 is 13.2. The van der Waals surface area contributed by atoms with Crippen LogP contribution in [0.1, 0.15) is 17.5 Å². The fourth-order valence-electron chi connectivity index (χ4n) is 2.70. The smallest absolute Gasteiger partial charge is 0.138 e. The third-order valence-electron chi connectivity index (χ3n) is 4.14. The van der Waals surface area contributed by atoms with Crippen molar-refractivity contribution < 1.29 is 9.18 Å². The minimum Gasteiger partial charge on any atom is -0.304 e. The molecule has 0 aliphatic carbocycles. The fourth-order valence-corrected chi connectivity index (χ4v) is 2.70. The molecule has 1 unspecified atom stereocenters. The maximum absolute atomic E-state index is 13.2. The van der Waals surface area contributed by atoms with Crippen LogP contribution in [0.3, 0.4) is 0 Å². The molecular formula is C16H23FN2O. The molecule has 1 aliphatic heterocycles. The first-order valence-corrected chi connectivity index (χ1v) is 7.11. The number of benzene rings is 1. The summed E-state index contributed by atoms with van der Waals surface area (Å²) in [4.78, 5) is 16.7. The van der Waals surface area contributed by atoms with Gasteiger partial charge in [-0.2, -0.15) is 0 Å². The van der Waals surface area contributed by atoms with Crippen molar-refractivity contribution in [3.8, 4) is 0 Å². The number of halogens is 1.